The lowest BCUT2D eigenvalue weighted by Crippen LogP contribution is -1.89. The molecule has 0 saturated carbocycles. The number of rotatable bonds is 3. The van der Waals surface area contributed by atoms with Crippen molar-refractivity contribution >= 4 is 33.4 Å². The number of nitrogens with two attached hydrogens (primary N) is 1. The maximum Gasteiger partial charge on any atom is 0.126 e. The van der Waals surface area contributed by atoms with Gasteiger partial charge in [-0.25, -0.2) is 8.78 Å². The molecule has 94 valence electrons. The molecule has 0 amide bonds. The van der Waals surface area contributed by atoms with Gasteiger partial charge in [-0.1, -0.05) is 15.9 Å². The van der Waals surface area contributed by atoms with Gasteiger partial charge in [0.15, 0.2) is 0 Å². The second-order valence-corrected chi connectivity index (χ2v) is 5.65. The fraction of sp³-hybridized carbons (Fsp3) is 0.0769. The van der Waals surface area contributed by atoms with E-state index in [1.54, 1.807) is 12.1 Å². The first-order chi connectivity index (χ1) is 8.54. The lowest BCUT2D eigenvalue weighted by atomic mass is 10.2. The van der Waals surface area contributed by atoms with Crippen LogP contribution in [0, 0.1) is 11.6 Å². The van der Waals surface area contributed by atoms with Crippen molar-refractivity contribution in [3.63, 3.8) is 0 Å². The van der Waals surface area contributed by atoms with Gasteiger partial charge >= 0.3 is 0 Å². The highest BCUT2D eigenvalue weighted by atomic mass is 79.9. The average molecular weight is 330 g/mol. The van der Waals surface area contributed by atoms with Crippen molar-refractivity contribution in [1.82, 2.24) is 0 Å². The fourth-order valence-corrected chi connectivity index (χ4v) is 3.03. The first-order valence-electron chi connectivity index (χ1n) is 5.17. The van der Waals surface area contributed by atoms with Crippen LogP contribution in [0.4, 0.5) is 14.5 Å². The van der Waals surface area contributed by atoms with Crippen LogP contribution >= 0.6 is 27.7 Å². The second-order valence-electron chi connectivity index (χ2n) is 3.74. The predicted molar refractivity (Wildman–Crippen MR) is 74.5 cm³/mol. The van der Waals surface area contributed by atoms with E-state index in [9.17, 15) is 8.78 Å². The Morgan fingerprint density at radius 2 is 1.83 bits per heavy atom. The SMILES string of the molecule is Nc1cc(F)cc(SCc2cc(F)ccc2Br)c1. The summed E-state index contributed by atoms with van der Waals surface area (Å²) in [6, 6.07) is 8.88. The molecule has 0 aromatic heterocycles. The van der Waals surface area contributed by atoms with Crippen LogP contribution in [0.3, 0.4) is 0 Å². The van der Waals surface area contributed by atoms with Crippen LogP contribution in [0.15, 0.2) is 45.8 Å². The number of nitrogen functional groups attached to an aromatic ring is 1. The maximum absolute atomic E-state index is 13.1. The number of hydrogen-bond acceptors (Lipinski definition) is 2. The Hall–Kier alpha value is -1.07. The molecule has 0 aliphatic heterocycles. The summed E-state index contributed by atoms with van der Waals surface area (Å²) < 4.78 is 27.1. The van der Waals surface area contributed by atoms with Gasteiger partial charge in [-0.05, 0) is 42.0 Å². The molecule has 1 nitrogen and oxygen atoms in total. The van der Waals surface area contributed by atoms with Gasteiger partial charge in [0.25, 0.3) is 0 Å². The Labute approximate surface area is 117 Å². The highest BCUT2D eigenvalue weighted by Crippen LogP contribution is 2.29. The van der Waals surface area contributed by atoms with Gasteiger partial charge in [0.1, 0.15) is 11.6 Å². The molecular weight excluding hydrogens is 320 g/mol. The summed E-state index contributed by atoms with van der Waals surface area (Å²) in [5, 5.41) is 0. The van der Waals surface area contributed by atoms with E-state index in [1.807, 2.05) is 0 Å². The Kier molecular flexibility index (Phi) is 4.24. The van der Waals surface area contributed by atoms with Crippen molar-refractivity contribution < 1.29 is 8.78 Å². The third kappa shape index (κ3) is 3.46. The number of hydrogen-bond donors (Lipinski definition) is 1. The Balaban J connectivity index is 2.13. The minimum Gasteiger partial charge on any atom is -0.399 e. The molecule has 0 spiro atoms. The summed E-state index contributed by atoms with van der Waals surface area (Å²) in [6.45, 7) is 0. The third-order valence-electron chi connectivity index (χ3n) is 2.30. The van der Waals surface area contributed by atoms with Crippen LogP contribution < -0.4 is 5.73 Å². The average Bonchev–Trinajstić information content (AvgIpc) is 2.29. The molecule has 0 fully saturated rings. The molecular formula is C13H10BrF2NS. The molecule has 0 radical (unpaired) electrons. The molecule has 18 heavy (non-hydrogen) atoms. The third-order valence-corrected chi connectivity index (χ3v) is 4.09. The molecule has 0 atom stereocenters. The zero-order chi connectivity index (χ0) is 13.1. The van der Waals surface area contributed by atoms with Gasteiger partial charge in [-0.15, -0.1) is 11.8 Å². The number of anilines is 1. The summed E-state index contributed by atoms with van der Waals surface area (Å²) >= 11 is 4.76. The highest BCUT2D eigenvalue weighted by molar-refractivity contribution is 9.10. The van der Waals surface area contributed by atoms with Crippen LogP contribution in [0.2, 0.25) is 0 Å². The summed E-state index contributed by atoms with van der Waals surface area (Å²) in [4.78, 5) is 0.726. The number of benzene rings is 2. The van der Waals surface area contributed by atoms with Gasteiger partial charge in [0.05, 0.1) is 0 Å². The van der Waals surface area contributed by atoms with E-state index in [-0.39, 0.29) is 11.6 Å². The molecule has 0 aliphatic carbocycles. The minimum atomic E-state index is -0.365. The van der Waals surface area contributed by atoms with Crippen molar-refractivity contribution in [2.45, 2.75) is 10.6 Å². The lowest BCUT2D eigenvalue weighted by Gasteiger charge is -2.06. The van der Waals surface area contributed by atoms with E-state index in [4.69, 9.17) is 5.73 Å². The van der Waals surface area contributed by atoms with Crippen LogP contribution in [-0.2, 0) is 5.75 Å². The zero-order valence-corrected chi connectivity index (χ0v) is 11.7. The van der Waals surface area contributed by atoms with E-state index in [0.29, 0.717) is 11.4 Å². The summed E-state index contributed by atoms with van der Waals surface area (Å²) in [7, 11) is 0. The highest BCUT2D eigenvalue weighted by Gasteiger charge is 2.04. The lowest BCUT2D eigenvalue weighted by molar-refractivity contribution is 0.624. The van der Waals surface area contributed by atoms with Crippen molar-refractivity contribution in [2.24, 2.45) is 0 Å². The Bertz CT molecular complexity index is 555. The molecule has 2 rings (SSSR count). The van der Waals surface area contributed by atoms with E-state index < -0.39 is 0 Å². The largest absolute Gasteiger partial charge is 0.399 e. The van der Waals surface area contributed by atoms with Crippen molar-refractivity contribution in [3.05, 3.63) is 58.1 Å². The van der Waals surface area contributed by atoms with Gasteiger partial charge in [-0.2, -0.15) is 0 Å². The quantitative estimate of drug-likeness (QED) is 0.657. The predicted octanol–water partition coefficient (Wildman–Crippen LogP) is 4.60. The van der Waals surface area contributed by atoms with Gasteiger partial charge in [0, 0.05) is 20.8 Å². The first-order valence-corrected chi connectivity index (χ1v) is 6.95. The summed E-state index contributed by atoms with van der Waals surface area (Å²) in [5.74, 6) is -0.107. The molecule has 5 heteroatoms. The van der Waals surface area contributed by atoms with E-state index >= 15 is 0 Å². The normalized spacial score (nSPS) is 10.6. The van der Waals surface area contributed by atoms with Gasteiger partial charge in [-0.3, -0.25) is 0 Å². The number of halogens is 3. The Morgan fingerprint density at radius 3 is 2.56 bits per heavy atom. The van der Waals surface area contributed by atoms with Crippen molar-refractivity contribution in [3.8, 4) is 0 Å². The Morgan fingerprint density at radius 1 is 1.06 bits per heavy atom. The molecule has 0 saturated heterocycles. The molecule has 0 unspecified atom stereocenters. The van der Waals surface area contributed by atoms with Crippen LogP contribution in [-0.4, -0.2) is 0 Å². The van der Waals surface area contributed by atoms with Crippen molar-refractivity contribution in [2.75, 3.05) is 5.73 Å². The second kappa shape index (κ2) is 5.71. The molecule has 2 aromatic carbocycles. The van der Waals surface area contributed by atoms with Crippen LogP contribution in [0.1, 0.15) is 5.56 Å². The van der Waals surface area contributed by atoms with Crippen LogP contribution in [0.5, 0.6) is 0 Å². The standard InChI is InChI=1S/C13H10BrF2NS/c14-13-2-1-9(15)3-8(13)7-18-12-5-10(16)4-11(17)6-12/h1-6H,7,17H2. The molecule has 0 bridgehead atoms. The minimum absolute atomic E-state index is 0.285. The number of thioether (sulfide) groups is 1. The van der Waals surface area contributed by atoms with Crippen molar-refractivity contribution in [1.29, 1.82) is 0 Å². The zero-order valence-electron chi connectivity index (χ0n) is 9.29. The van der Waals surface area contributed by atoms with E-state index in [2.05, 4.69) is 15.9 Å². The summed E-state index contributed by atoms with van der Waals surface area (Å²) in [6.07, 6.45) is 0. The molecule has 0 heterocycles. The summed E-state index contributed by atoms with van der Waals surface area (Å²) in [5.41, 5.74) is 6.77. The van der Waals surface area contributed by atoms with E-state index in [1.165, 1.54) is 36.0 Å². The fourth-order valence-electron chi connectivity index (χ4n) is 1.48. The smallest absolute Gasteiger partial charge is 0.126 e. The monoisotopic (exact) mass is 329 g/mol. The topological polar surface area (TPSA) is 26.0 Å². The first kappa shape index (κ1) is 13.4. The molecule has 0 aliphatic rings. The van der Waals surface area contributed by atoms with Gasteiger partial charge in [0.2, 0.25) is 0 Å². The van der Waals surface area contributed by atoms with Gasteiger partial charge < -0.3 is 5.73 Å². The molecule has 2 N–H and O–H groups in total. The molecule has 2 aromatic rings. The maximum atomic E-state index is 13.1. The van der Waals surface area contributed by atoms with E-state index in [0.717, 1.165) is 14.9 Å². The van der Waals surface area contributed by atoms with Crippen LogP contribution in [0.25, 0.3) is 0 Å².